The number of carbonyl (C=O) groups is 2. The number of carbonyl (C=O) groups excluding carboxylic acids is 2. The Kier molecular flexibility index (Phi) is 7.70. The molecule has 0 aliphatic carbocycles. The van der Waals surface area contributed by atoms with Gasteiger partial charge in [0.15, 0.2) is 0 Å². The largest absolute Gasteiger partial charge is 0.492 e. The van der Waals surface area contributed by atoms with Gasteiger partial charge in [0.1, 0.15) is 5.75 Å². The van der Waals surface area contributed by atoms with Gasteiger partial charge in [-0.05, 0) is 49.7 Å². The standard InChI is InChI=1S/C26H35N5O3/c1-4-34-24-8-6-5-7-21(24)28-26(33)25(32)27-18-23(31-15-13-29(2)14-16-31)19-9-10-22-20(17-19)11-12-30(22)3/h5-10,17,23H,4,11-16,18H2,1-3H3,(H,27,32)(H,28,33)/t23-/m0/s1. The molecule has 2 heterocycles. The number of likely N-dealkylation sites (N-methyl/N-ethyl adjacent to an activating group) is 2. The molecule has 182 valence electrons. The molecule has 1 atom stereocenters. The molecular weight excluding hydrogens is 430 g/mol. The summed E-state index contributed by atoms with van der Waals surface area (Å²) in [5.74, 6) is -0.796. The van der Waals surface area contributed by atoms with Crippen LogP contribution in [-0.2, 0) is 16.0 Å². The summed E-state index contributed by atoms with van der Waals surface area (Å²) < 4.78 is 5.55. The van der Waals surface area contributed by atoms with Gasteiger partial charge in [-0.1, -0.05) is 24.3 Å². The summed E-state index contributed by atoms with van der Waals surface area (Å²) in [5.41, 5.74) is 4.29. The zero-order valence-corrected chi connectivity index (χ0v) is 20.3. The molecule has 1 saturated heterocycles. The molecule has 2 aliphatic heterocycles. The van der Waals surface area contributed by atoms with E-state index in [1.807, 2.05) is 13.0 Å². The van der Waals surface area contributed by atoms with Crippen LogP contribution in [0, 0.1) is 0 Å². The lowest BCUT2D eigenvalue weighted by atomic mass is 10.00. The van der Waals surface area contributed by atoms with Crippen molar-refractivity contribution in [2.75, 3.05) is 70.2 Å². The normalized spacial score (nSPS) is 17.2. The maximum absolute atomic E-state index is 12.7. The predicted octanol–water partition coefficient (Wildman–Crippen LogP) is 2.12. The summed E-state index contributed by atoms with van der Waals surface area (Å²) in [6.45, 7) is 7.54. The maximum Gasteiger partial charge on any atom is 0.313 e. The second kappa shape index (κ2) is 10.9. The number of hydrogen-bond acceptors (Lipinski definition) is 6. The van der Waals surface area contributed by atoms with Crippen molar-refractivity contribution in [2.24, 2.45) is 0 Å². The predicted molar refractivity (Wildman–Crippen MR) is 134 cm³/mol. The van der Waals surface area contributed by atoms with Crippen molar-refractivity contribution >= 4 is 23.2 Å². The molecule has 34 heavy (non-hydrogen) atoms. The Hall–Kier alpha value is -3.10. The highest BCUT2D eigenvalue weighted by Gasteiger charge is 2.27. The van der Waals surface area contributed by atoms with Crippen LogP contribution in [0.25, 0.3) is 0 Å². The Morgan fingerprint density at radius 3 is 2.53 bits per heavy atom. The first-order valence-electron chi connectivity index (χ1n) is 12.0. The second-order valence-electron chi connectivity index (χ2n) is 9.01. The number of amides is 2. The lowest BCUT2D eigenvalue weighted by Crippen LogP contribution is -2.49. The lowest BCUT2D eigenvalue weighted by molar-refractivity contribution is -0.136. The first-order chi connectivity index (χ1) is 16.5. The zero-order chi connectivity index (χ0) is 24.1. The molecule has 0 bridgehead atoms. The van der Waals surface area contributed by atoms with E-state index in [4.69, 9.17) is 4.74 Å². The van der Waals surface area contributed by atoms with Crippen LogP contribution in [0.2, 0.25) is 0 Å². The van der Waals surface area contributed by atoms with Crippen molar-refractivity contribution in [3.63, 3.8) is 0 Å². The third-order valence-electron chi connectivity index (χ3n) is 6.69. The monoisotopic (exact) mass is 465 g/mol. The van der Waals surface area contributed by atoms with E-state index in [1.165, 1.54) is 16.8 Å². The smallest absolute Gasteiger partial charge is 0.313 e. The molecular formula is C26H35N5O3. The Morgan fingerprint density at radius 1 is 1.00 bits per heavy atom. The molecule has 0 spiro atoms. The summed E-state index contributed by atoms with van der Waals surface area (Å²) in [7, 11) is 4.25. The van der Waals surface area contributed by atoms with E-state index in [0.717, 1.165) is 39.1 Å². The van der Waals surface area contributed by atoms with Gasteiger partial charge >= 0.3 is 11.8 Å². The molecule has 2 N–H and O–H groups in total. The van der Waals surface area contributed by atoms with Crippen LogP contribution in [0.15, 0.2) is 42.5 Å². The summed E-state index contributed by atoms with van der Waals surface area (Å²) in [6.07, 6.45) is 1.03. The van der Waals surface area contributed by atoms with Gasteiger partial charge in [0.2, 0.25) is 0 Å². The van der Waals surface area contributed by atoms with E-state index < -0.39 is 11.8 Å². The van der Waals surface area contributed by atoms with Crippen LogP contribution < -0.4 is 20.3 Å². The minimum absolute atomic E-state index is 0.0115. The Morgan fingerprint density at radius 2 is 1.76 bits per heavy atom. The molecule has 1 fully saturated rings. The Bertz CT molecular complexity index is 1020. The van der Waals surface area contributed by atoms with Gasteiger partial charge in [0, 0.05) is 52.0 Å². The van der Waals surface area contributed by atoms with E-state index >= 15 is 0 Å². The van der Waals surface area contributed by atoms with Crippen LogP contribution in [0.1, 0.15) is 24.1 Å². The van der Waals surface area contributed by atoms with Gasteiger partial charge in [0.05, 0.1) is 18.3 Å². The Labute approximate surface area is 201 Å². The number of ether oxygens (including phenoxy) is 1. The second-order valence-corrected chi connectivity index (χ2v) is 9.01. The topological polar surface area (TPSA) is 77.1 Å². The molecule has 8 nitrogen and oxygen atoms in total. The van der Waals surface area contributed by atoms with Gasteiger partial charge in [-0.3, -0.25) is 14.5 Å². The molecule has 2 aromatic carbocycles. The number of hydrogen-bond donors (Lipinski definition) is 2. The number of nitrogens with one attached hydrogen (secondary N) is 2. The molecule has 2 aromatic rings. The summed E-state index contributed by atoms with van der Waals surface area (Å²) in [4.78, 5) is 32.3. The number of para-hydroxylation sites is 2. The van der Waals surface area contributed by atoms with E-state index in [2.05, 4.69) is 57.6 Å². The number of fused-ring (bicyclic) bond motifs is 1. The van der Waals surface area contributed by atoms with Crippen LogP contribution in [-0.4, -0.2) is 81.6 Å². The van der Waals surface area contributed by atoms with Gasteiger partial charge < -0.3 is 25.2 Å². The number of benzene rings is 2. The van der Waals surface area contributed by atoms with Crippen LogP contribution in [0.4, 0.5) is 11.4 Å². The highest BCUT2D eigenvalue weighted by molar-refractivity contribution is 6.39. The van der Waals surface area contributed by atoms with Gasteiger partial charge in [-0.25, -0.2) is 0 Å². The van der Waals surface area contributed by atoms with E-state index in [-0.39, 0.29) is 6.04 Å². The van der Waals surface area contributed by atoms with Crippen molar-refractivity contribution in [1.29, 1.82) is 0 Å². The van der Waals surface area contributed by atoms with Gasteiger partial charge in [0.25, 0.3) is 0 Å². The highest BCUT2D eigenvalue weighted by atomic mass is 16.5. The molecule has 4 rings (SSSR count). The molecule has 8 heteroatoms. The van der Waals surface area contributed by atoms with Crippen molar-refractivity contribution in [3.05, 3.63) is 53.6 Å². The lowest BCUT2D eigenvalue weighted by Gasteiger charge is -2.38. The quantitative estimate of drug-likeness (QED) is 0.610. The average molecular weight is 466 g/mol. The summed E-state index contributed by atoms with van der Waals surface area (Å²) >= 11 is 0. The van der Waals surface area contributed by atoms with E-state index in [9.17, 15) is 9.59 Å². The van der Waals surface area contributed by atoms with Crippen LogP contribution >= 0.6 is 0 Å². The van der Waals surface area contributed by atoms with Crippen molar-refractivity contribution in [3.8, 4) is 5.75 Å². The van der Waals surface area contributed by atoms with Crippen LogP contribution in [0.5, 0.6) is 5.75 Å². The van der Waals surface area contributed by atoms with Gasteiger partial charge in [-0.15, -0.1) is 0 Å². The first kappa shape index (κ1) is 24.0. The highest BCUT2D eigenvalue weighted by Crippen LogP contribution is 2.31. The van der Waals surface area contributed by atoms with Crippen molar-refractivity contribution < 1.29 is 14.3 Å². The zero-order valence-electron chi connectivity index (χ0n) is 20.3. The van der Waals surface area contributed by atoms with E-state index in [0.29, 0.717) is 24.6 Å². The molecule has 2 aliphatic rings. The Balaban J connectivity index is 1.45. The molecule has 2 amide bonds. The summed E-state index contributed by atoms with van der Waals surface area (Å²) in [5, 5.41) is 5.56. The minimum atomic E-state index is -0.695. The third kappa shape index (κ3) is 5.51. The summed E-state index contributed by atoms with van der Waals surface area (Å²) in [6, 6.07) is 13.7. The fourth-order valence-corrected chi connectivity index (χ4v) is 4.69. The maximum atomic E-state index is 12.7. The molecule has 0 saturated carbocycles. The van der Waals surface area contributed by atoms with E-state index in [1.54, 1.807) is 18.2 Å². The SMILES string of the molecule is CCOc1ccccc1NC(=O)C(=O)NC[C@@H](c1ccc2c(c1)CCN2C)N1CCN(C)CC1. The first-order valence-corrected chi connectivity index (χ1v) is 12.0. The van der Waals surface area contributed by atoms with Crippen LogP contribution in [0.3, 0.4) is 0 Å². The number of rotatable bonds is 7. The average Bonchev–Trinajstić information content (AvgIpc) is 3.21. The molecule has 0 aromatic heterocycles. The number of piperazine rings is 1. The fourth-order valence-electron chi connectivity index (χ4n) is 4.69. The molecule has 0 radical (unpaired) electrons. The van der Waals surface area contributed by atoms with Crippen molar-refractivity contribution in [1.82, 2.24) is 15.1 Å². The number of nitrogens with zero attached hydrogens (tertiary/aromatic N) is 3. The minimum Gasteiger partial charge on any atom is -0.492 e. The third-order valence-corrected chi connectivity index (χ3v) is 6.69. The number of anilines is 2. The van der Waals surface area contributed by atoms with Crippen molar-refractivity contribution in [2.45, 2.75) is 19.4 Å². The molecule has 0 unspecified atom stereocenters. The fraction of sp³-hybridized carbons (Fsp3) is 0.462. The van der Waals surface area contributed by atoms with Gasteiger partial charge in [-0.2, -0.15) is 0 Å².